The normalized spacial score (nSPS) is 21.3. The number of aliphatic carboxylic acids is 1. The molecule has 21 heavy (non-hydrogen) atoms. The second-order valence-corrected chi connectivity index (χ2v) is 5.53. The summed E-state index contributed by atoms with van der Waals surface area (Å²) in [5.74, 6) is -1.44. The molecule has 1 aliphatic heterocycles. The van der Waals surface area contributed by atoms with E-state index < -0.39 is 18.2 Å². The van der Waals surface area contributed by atoms with Gasteiger partial charge in [0.25, 0.3) is 5.91 Å². The molecule has 0 unspecified atom stereocenters. The van der Waals surface area contributed by atoms with Crippen LogP contribution in [-0.2, 0) is 23.9 Å². The van der Waals surface area contributed by atoms with Crippen LogP contribution < -0.4 is 0 Å². The van der Waals surface area contributed by atoms with Crippen molar-refractivity contribution in [2.45, 2.75) is 45.3 Å². The number of nitrogens with zero attached hydrogens (tertiary/aromatic N) is 1. The van der Waals surface area contributed by atoms with Crippen molar-refractivity contribution in [1.82, 2.24) is 4.90 Å². The second kappa shape index (κ2) is 7.97. The maximum Gasteiger partial charge on any atom is 0.332 e. The fraction of sp³-hybridized carbons (Fsp3) is 0.786. The van der Waals surface area contributed by atoms with Gasteiger partial charge in [0.2, 0.25) is 0 Å². The summed E-state index contributed by atoms with van der Waals surface area (Å²) in [4.78, 5) is 36.0. The predicted octanol–water partition coefficient (Wildman–Crippen LogP) is 0.666. The summed E-state index contributed by atoms with van der Waals surface area (Å²) in [5.41, 5.74) is 0. The highest BCUT2D eigenvalue weighted by Gasteiger charge is 2.36. The summed E-state index contributed by atoms with van der Waals surface area (Å²) in [6.07, 6.45) is -0.812. The van der Waals surface area contributed by atoms with Crippen molar-refractivity contribution in [1.29, 1.82) is 0 Å². The first-order chi connectivity index (χ1) is 9.85. The minimum Gasteiger partial charge on any atom is -0.479 e. The smallest absolute Gasteiger partial charge is 0.332 e. The van der Waals surface area contributed by atoms with Gasteiger partial charge in [0.05, 0.1) is 13.5 Å². The van der Waals surface area contributed by atoms with Gasteiger partial charge in [-0.05, 0) is 18.8 Å². The van der Waals surface area contributed by atoms with Crippen LogP contribution in [0.2, 0.25) is 0 Å². The molecule has 0 spiro atoms. The van der Waals surface area contributed by atoms with Crippen molar-refractivity contribution in [2.75, 3.05) is 20.2 Å². The van der Waals surface area contributed by atoms with Crippen LogP contribution in [0.3, 0.4) is 0 Å². The van der Waals surface area contributed by atoms with Crippen LogP contribution in [0.5, 0.6) is 0 Å². The molecule has 0 saturated carbocycles. The summed E-state index contributed by atoms with van der Waals surface area (Å²) < 4.78 is 9.85. The Labute approximate surface area is 124 Å². The van der Waals surface area contributed by atoms with E-state index in [4.69, 9.17) is 9.84 Å². The van der Waals surface area contributed by atoms with Gasteiger partial charge in [-0.25, -0.2) is 4.79 Å². The fourth-order valence-corrected chi connectivity index (χ4v) is 2.26. The van der Waals surface area contributed by atoms with E-state index in [-0.39, 0.29) is 30.8 Å². The van der Waals surface area contributed by atoms with E-state index in [9.17, 15) is 14.4 Å². The van der Waals surface area contributed by atoms with Gasteiger partial charge in [0.1, 0.15) is 6.10 Å². The number of carboxylic acid groups (broad SMARTS) is 1. The molecule has 1 N–H and O–H groups in total. The number of methoxy groups -OCH3 is 1. The molecule has 1 rings (SSSR count). The number of carbonyl (C=O) groups excluding carboxylic acids is 2. The molecule has 1 amide bonds. The van der Waals surface area contributed by atoms with Crippen molar-refractivity contribution in [3.8, 4) is 0 Å². The molecule has 2 atom stereocenters. The standard InChI is InChI=1S/C14H23NO6/c1-9(2)8-15(7-6-12(16)20-3)13(17)10-4-5-11(21-10)14(18)19/h9-11H,4-8H2,1-3H3,(H,18,19)/t10-,11+/m0/s1. The van der Waals surface area contributed by atoms with Gasteiger partial charge in [-0.3, -0.25) is 9.59 Å². The zero-order chi connectivity index (χ0) is 16.0. The van der Waals surface area contributed by atoms with E-state index >= 15 is 0 Å². The van der Waals surface area contributed by atoms with Crippen molar-refractivity contribution in [3.05, 3.63) is 0 Å². The molecule has 0 aromatic rings. The van der Waals surface area contributed by atoms with Crippen LogP contribution in [0.15, 0.2) is 0 Å². The predicted molar refractivity (Wildman–Crippen MR) is 73.6 cm³/mol. The van der Waals surface area contributed by atoms with E-state index in [1.54, 1.807) is 4.90 Å². The Morgan fingerprint density at radius 3 is 2.38 bits per heavy atom. The minimum atomic E-state index is -1.05. The summed E-state index contributed by atoms with van der Waals surface area (Å²) in [5, 5.41) is 8.89. The molecule has 0 aromatic carbocycles. The van der Waals surface area contributed by atoms with Gasteiger partial charge in [-0.2, -0.15) is 0 Å². The molecule has 1 aliphatic rings. The number of carboxylic acids is 1. The van der Waals surface area contributed by atoms with Gasteiger partial charge in [0.15, 0.2) is 6.10 Å². The fourth-order valence-electron chi connectivity index (χ4n) is 2.26. The van der Waals surface area contributed by atoms with Gasteiger partial charge >= 0.3 is 11.9 Å². The van der Waals surface area contributed by atoms with Crippen LogP contribution in [0.4, 0.5) is 0 Å². The highest BCUT2D eigenvalue weighted by atomic mass is 16.5. The number of esters is 1. The highest BCUT2D eigenvalue weighted by Crippen LogP contribution is 2.22. The van der Waals surface area contributed by atoms with E-state index in [0.717, 1.165) is 0 Å². The van der Waals surface area contributed by atoms with Crippen LogP contribution >= 0.6 is 0 Å². The maximum absolute atomic E-state index is 12.4. The van der Waals surface area contributed by atoms with Crippen LogP contribution in [0, 0.1) is 5.92 Å². The summed E-state index contributed by atoms with van der Waals surface area (Å²) >= 11 is 0. The Hall–Kier alpha value is -1.63. The molecule has 1 fully saturated rings. The highest BCUT2D eigenvalue weighted by molar-refractivity contribution is 5.83. The lowest BCUT2D eigenvalue weighted by Gasteiger charge is -2.26. The Balaban J connectivity index is 2.62. The average molecular weight is 301 g/mol. The van der Waals surface area contributed by atoms with E-state index in [0.29, 0.717) is 19.4 Å². The second-order valence-electron chi connectivity index (χ2n) is 5.53. The number of carbonyl (C=O) groups is 3. The van der Waals surface area contributed by atoms with Gasteiger partial charge in [-0.15, -0.1) is 0 Å². The molecular weight excluding hydrogens is 278 g/mol. The molecule has 0 radical (unpaired) electrons. The van der Waals surface area contributed by atoms with Crippen molar-refractivity contribution in [2.24, 2.45) is 5.92 Å². The molecular formula is C14H23NO6. The maximum atomic E-state index is 12.4. The molecule has 1 saturated heterocycles. The van der Waals surface area contributed by atoms with E-state index in [1.807, 2.05) is 13.8 Å². The van der Waals surface area contributed by atoms with Gasteiger partial charge < -0.3 is 19.5 Å². The molecule has 7 nitrogen and oxygen atoms in total. The summed E-state index contributed by atoms with van der Waals surface area (Å²) in [6.45, 7) is 4.68. The Kier molecular flexibility index (Phi) is 6.61. The van der Waals surface area contributed by atoms with E-state index in [1.165, 1.54) is 7.11 Å². The number of hydrogen-bond acceptors (Lipinski definition) is 5. The summed E-state index contributed by atoms with van der Waals surface area (Å²) in [6, 6.07) is 0. The van der Waals surface area contributed by atoms with Gasteiger partial charge in [-0.1, -0.05) is 13.8 Å². The lowest BCUT2D eigenvalue weighted by atomic mass is 10.1. The van der Waals surface area contributed by atoms with Crippen LogP contribution in [-0.4, -0.2) is 60.3 Å². The van der Waals surface area contributed by atoms with Crippen molar-refractivity contribution >= 4 is 17.8 Å². The molecule has 0 aliphatic carbocycles. The zero-order valence-corrected chi connectivity index (χ0v) is 12.7. The SMILES string of the molecule is COC(=O)CCN(CC(C)C)C(=O)[C@@H]1CC[C@H](C(=O)O)O1. The molecule has 0 aromatic heterocycles. The third kappa shape index (κ3) is 5.34. The Morgan fingerprint density at radius 2 is 1.90 bits per heavy atom. The third-order valence-corrected chi connectivity index (χ3v) is 3.28. The van der Waals surface area contributed by atoms with Crippen molar-refractivity contribution in [3.63, 3.8) is 0 Å². The third-order valence-electron chi connectivity index (χ3n) is 3.28. The number of ether oxygens (including phenoxy) is 2. The largest absolute Gasteiger partial charge is 0.479 e. The van der Waals surface area contributed by atoms with E-state index in [2.05, 4.69) is 4.74 Å². The molecule has 7 heteroatoms. The number of rotatable bonds is 7. The Bertz CT molecular complexity index is 395. The van der Waals surface area contributed by atoms with Crippen LogP contribution in [0.25, 0.3) is 0 Å². The zero-order valence-electron chi connectivity index (χ0n) is 12.7. The van der Waals surface area contributed by atoms with Crippen LogP contribution in [0.1, 0.15) is 33.1 Å². The topological polar surface area (TPSA) is 93.1 Å². The summed E-state index contributed by atoms with van der Waals surface area (Å²) in [7, 11) is 1.30. The number of amides is 1. The quantitative estimate of drug-likeness (QED) is 0.695. The number of hydrogen-bond donors (Lipinski definition) is 1. The first-order valence-electron chi connectivity index (χ1n) is 7.09. The Morgan fingerprint density at radius 1 is 1.29 bits per heavy atom. The molecule has 120 valence electrons. The molecule has 1 heterocycles. The molecule has 0 bridgehead atoms. The van der Waals surface area contributed by atoms with Crippen molar-refractivity contribution < 1.29 is 29.0 Å². The minimum absolute atomic E-state index is 0.115. The average Bonchev–Trinajstić information content (AvgIpc) is 2.91. The lowest BCUT2D eigenvalue weighted by molar-refractivity contribution is -0.155. The lowest BCUT2D eigenvalue weighted by Crippen LogP contribution is -2.42. The monoisotopic (exact) mass is 301 g/mol. The van der Waals surface area contributed by atoms with Gasteiger partial charge in [0, 0.05) is 13.1 Å². The first kappa shape index (κ1) is 17.4. The first-order valence-corrected chi connectivity index (χ1v) is 7.09.